The van der Waals surface area contributed by atoms with Crippen molar-refractivity contribution in [1.82, 2.24) is 0 Å². The summed E-state index contributed by atoms with van der Waals surface area (Å²) in [6.07, 6.45) is -1.55. The summed E-state index contributed by atoms with van der Waals surface area (Å²) in [6, 6.07) is 0. The summed E-state index contributed by atoms with van der Waals surface area (Å²) in [6.45, 7) is 0. The molecule has 0 aromatic heterocycles. The van der Waals surface area contributed by atoms with Crippen LogP contribution in [0.25, 0.3) is 0 Å². The molecular formula is C3H3Br3F2. The van der Waals surface area contributed by atoms with Crippen molar-refractivity contribution in [2.24, 2.45) is 0 Å². The van der Waals surface area contributed by atoms with Crippen LogP contribution < -0.4 is 0 Å². The largest absolute Gasteiger partial charge is 0.241 e. The summed E-state index contributed by atoms with van der Waals surface area (Å²) in [4.78, 5) is 0. The molecule has 0 heterocycles. The van der Waals surface area contributed by atoms with Crippen molar-refractivity contribution in [3.63, 3.8) is 0 Å². The van der Waals surface area contributed by atoms with Gasteiger partial charge in [0.2, 0.25) is 0 Å². The Hall–Kier alpha value is 1.30. The van der Waals surface area contributed by atoms with E-state index in [0.717, 1.165) is 0 Å². The zero-order valence-electron chi connectivity index (χ0n) is 3.62. The van der Waals surface area contributed by atoms with E-state index in [4.69, 9.17) is 0 Å². The van der Waals surface area contributed by atoms with Crippen LogP contribution in [-0.2, 0) is 0 Å². The molecule has 0 radical (unpaired) electrons. The van der Waals surface area contributed by atoms with E-state index in [1.807, 2.05) is 0 Å². The molecule has 5 heteroatoms. The first kappa shape index (κ1) is 9.30. The van der Waals surface area contributed by atoms with Gasteiger partial charge in [0.25, 0.3) is 0 Å². The predicted octanol–water partition coefficient (Wildman–Crippen LogP) is 3.13. The zero-order valence-corrected chi connectivity index (χ0v) is 8.38. The molecule has 0 aliphatic heterocycles. The van der Waals surface area contributed by atoms with Crippen LogP contribution in [0.2, 0.25) is 0 Å². The molecule has 0 N–H and O–H groups in total. The molecule has 2 atom stereocenters. The van der Waals surface area contributed by atoms with Crippen molar-refractivity contribution < 1.29 is 8.78 Å². The van der Waals surface area contributed by atoms with Crippen molar-refractivity contribution in [2.45, 2.75) is 15.0 Å². The van der Waals surface area contributed by atoms with Gasteiger partial charge in [-0.05, 0) is 15.9 Å². The normalized spacial score (nSPS) is 18.8. The molecule has 0 spiro atoms. The first-order valence-electron chi connectivity index (χ1n) is 1.76. The number of alkyl halides is 5. The molecule has 0 aromatic rings. The molecule has 8 heavy (non-hydrogen) atoms. The van der Waals surface area contributed by atoms with Crippen molar-refractivity contribution in [3.05, 3.63) is 0 Å². The van der Waals surface area contributed by atoms with E-state index in [-0.39, 0.29) is 0 Å². The maximum atomic E-state index is 12.1. The van der Waals surface area contributed by atoms with E-state index in [0.29, 0.717) is 0 Å². The van der Waals surface area contributed by atoms with E-state index in [9.17, 15) is 8.78 Å². The molecular weight excluding hydrogens is 314 g/mol. The molecule has 0 fully saturated rings. The smallest absolute Gasteiger partial charge is 0.187 e. The van der Waals surface area contributed by atoms with E-state index < -0.39 is 15.0 Å². The topological polar surface area (TPSA) is 0 Å². The van der Waals surface area contributed by atoms with E-state index in [1.54, 1.807) is 0 Å². The molecule has 2 unspecified atom stereocenters. The lowest BCUT2D eigenvalue weighted by Gasteiger charge is -2.06. The van der Waals surface area contributed by atoms with Gasteiger partial charge in [-0.1, -0.05) is 31.9 Å². The van der Waals surface area contributed by atoms with Crippen molar-refractivity contribution >= 4 is 47.8 Å². The third-order valence-corrected chi connectivity index (χ3v) is 2.00. The molecule has 0 aromatic carbocycles. The number of halogens is 5. The Morgan fingerprint density at radius 3 is 1.38 bits per heavy atom. The van der Waals surface area contributed by atoms with Gasteiger partial charge in [-0.25, -0.2) is 8.78 Å². The highest BCUT2D eigenvalue weighted by Crippen LogP contribution is 2.23. The minimum atomic E-state index is -1.61. The maximum absolute atomic E-state index is 12.1. The minimum absolute atomic E-state index is 0.621. The molecule has 0 amide bonds. The summed E-state index contributed by atoms with van der Waals surface area (Å²) in [5.41, 5.74) is 0. The average Bonchev–Trinajstić information content (AvgIpc) is 1.64. The van der Waals surface area contributed by atoms with Gasteiger partial charge >= 0.3 is 0 Å². The highest BCUT2D eigenvalue weighted by Gasteiger charge is 2.22. The maximum Gasteiger partial charge on any atom is 0.187 e. The number of rotatable bonds is 2. The van der Waals surface area contributed by atoms with Gasteiger partial charge in [0, 0.05) is 0 Å². The van der Waals surface area contributed by atoms with Crippen molar-refractivity contribution in [1.29, 1.82) is 0 Å². The minimum Gasteiger partial charge on any atom is -0.241 e. The molecule has 0 nitrogen and oxygen atoms in total. The van der Waals surface area contributed by atoms with Gasteiger partial charge < -0.3 is 0 Å². The Balaban J connectivity index is 3.46. The molecule has 0 saturated heterocycles. The molecule has 50 valence electrons. The second-order valence-corrected chi connectivity index (χ2v) is 5.19. The van der Waals surface area contributed by atoms with E-state index in [1.165, 1.54) is 0 Å². The van der Waals surface area contributed by atoms with Gasteiger partial charge in [-0.2, -0.15) is 0 Å². The van der Waals surface area contributed by atoms with Gasteiger partial charge in [-0.15, -0.1) is 0 Å². The highest BCUT2D eigenvalue weighted by molar-refractivity contribution is 9.24. The Kier molecular flexibility index (Phi) is 4.85. The molecule has 0 saturated carbocycles. The monoisotopic (exact) mass is 314 g/mol. The van der Waals surface area contributed by atoms with Gasteiger partial charge in [0.1, 0.15) is 3.74 Å². The Morgan fingerprint density at radius 1 is 1.00 bits per heavy atom. The molecule has 0 rings (SSSR count). The van der Waals surface area contributed by atoms with Gasteiger partial charge in [-0.3, -0.25) is 0 Å². The van der Waals surface area contributed by atoms with Gasteiger partial charge in [0.15, 0.2) is 11.3 Å². The van der Waals surface area contributed by atoms with Gasteiger partial charge in [0.05, 0.1) is 0 Å². The van der Waals surface area contributed by atoms with Crippen LogP contribution in [0, 0.1) is 0 Å². The standard InChI is InChI=1S/C3H3Br3F2/c4-2(5)1(7)3(6)8/h1-3H. The second-order valence-electron chi connectivity index (χ2n) is 1.11. The van der Waals surface area contributed by atoms with Crippen LogP contribution in [0.15, 0.2) is 0 Å². The molecule has 0 bridgehead atoms. The Labute approximate surface area is 71.4 Å². The number of hydrogen-bond donors (Lipinski definition) is 0. The predicted molar refractivity (Wildman–Crippen MR) is 40.4 cm³/mol. The second kappa shape index (κ2) is 4.17. The van der Waals surface area contributed by atoms with Crippen LogP contribution >= 0.6 is 47.8 Å². The van der Waals surface area contributed by atoms with Crippen LogP contribution in [0.1, 0.15) is 0 Å². The third kappa shape index (κ3) is 3.35. The third-order valence-electron chi connectivity index (χ3n) is 0.481. The SMILES string of the molecule is FC(Br)C(F)C(Br)Br. The lowest BCUT2D eigenvalue weighted by Crippen LogP contribution is -2.17. The number of hydrogen-bond acceptors (Lipinski definition) is 0. The molecule has 0 aliphatic carbocycles. The summed E-state index contributed by atoms with van der Waals surface area (Å²) in [5, 5.41) is -1.61. The van der Waals surface area contributed by atoms with E-state index >= 15 is 0 Å². The summed E-state index contributed by atoms with van der Waals surface area (Å²) < 4.78 is 23.3. The first-order valence-corrected chi connectivity index (χ1v) is 4.50. The van der Waals surface area contributed by atoms with E-state index in [2.05, 4.69) is 47.8 Å². The lowest BCUT2D eigenvalue weighted by molar-refractivity contribution is 0.260. The van der Waals surface area contributed by atoms with Crippen LogP contribution in [0.5, 0.6) is 0 Å². The summed E-state index contributed by atoms with van der Waals surface area (Å²) >= 11 is 8.06. The molecule has 0 aliphatic rings. The van der Waals surface area contributed by atoms with Crippen molar-refractivity contribution in [3.8, 4) is 0 Å². The fraction of sp³-hybridized carbons (Fsp3) is 1.00. The Bertz CT molecular complexity index is 57.5. The summed E-state index contributed by atoms with van der Waals surface area (Å²) in [5.74, 6) is 0. The summed E-state index contributed by atoms with van der Waals surface area (Å²) in [7, 11) is 0. The Morgan fingerprint density at radius 2 is 1.38 bits per heavy atom. The van der Waals surface area contributed by atoms with Crippen LogP contribution in [-0.4, -0.2) is 15.0 Å². The first-order chi connectivity index (χ1) is 3.55. The van der Waals surface area contributed by atoms with Crippen molar-refractivity contribution in [2.75, 3.05) is 0 Å². The fourth-order valence-corrected chi connectivity index (χ4v) is 1.77. The zero-order chi connectivity index (χ0) is 6.73. The van der Waals surface area contributed by atoms with Crippen LogP contribution in [0.3, 0.4) is 0 Å². The quantitative estimate of drug-likeness (QED) is 0.687. The highest BCUT2D eigenvalue weighted by atomic mass is 79.9. The fourth-order valence-electron chi connectivity index (χ4n) is 0.110. The lowest BCUT2D eigenvalue weighted by atomic mass is 10.5. The van der Waals surface area contributed by atoms with Crippen LogP contribution in [0.4, 0.5) is 8.78 Å². The average molecular weight is 317 g/mol.